The summed E-state index contributed by atoms with van der Waals surface area (Å²) < 4.78 is 11.5. The first-order chi connectivity index (χ1) is 16.1. The molecule has 0 bridgehead atoms. The number of aromatic nitrogens is 1. The Morgan fingerprint density at radius 1 is 0.971 bits per heavy atom. The number of carbonyl (C=O) groups excluding carboxylic acids is 2. The zero-order valence-corrected chi connectivity index (χ0v) is 19.9. The number of carbonyl (C=O) groups is 2. The van der Waals surface area contributed by atoms with Gasteiger partial charge in [-0.05, 0) is 66.4 Å². The van der Waals surface area contributed by atoms with Gasteiger partial charge in [-0.3, -0.25) is 9.78 Å². The highest BCUT2D eigenvalue weighted by Crippen LogP contribution is 2.30. The molecule has 1 aliphatic heterocycles. The predicted octanol–water partition coefficient (Wildman–Crippen LogP) is 5.15. The van der Waals surface area contributed by atoms with Gasteiger partial charge in [0.25, 0.3) is 0 Å². The number of hydrogen-bond acceptors (Lipinski definition) is 6. The molecule has 2 heterocycles. The third kappa shape index (κ3) is 4.98. The molecule has 3 aromatic rings. The fourth-order valence-electron chi connectivity index (χ4n) is 3.46. The summed E-state index contributed by atoms with van der Waals surface area (Å²) in [5.74, 6) is 0.0207. The van der Waals surface area contributed by atoms with Gasteiger partial charge in [0.1, 0.15) is 5.75 Å². The summed E-state index contributed by atoms with van der Waals surface area (Å²) in [6.07, 6.45) is 0.986. The highest BCUT2D eigenvalue weighted by Gasteiger charge is 2.33. The Morgan fingerprint density at radius 3 is 2.21 bits per heavy atom. The van der Waals surface area contributed by atoms with Crippen LogP contribution in [-0.4, -0.2) is 27.8 Å². The Balaban J connectivity index is 1.46. The predicted molar refractivity (Wildman–Crippen MR) is 128 cm³/mol. The van der Waals surface area contributed by atoms with Gasteiger partial charge in [-0.2, -0.15) is 5.01 Å². The molecule has 1 atom stereocenters. The van der Waals surface area contributed by atoms with Crippen LogP contribution in [0.5, 0.6) is 5.75 Å². The maximum absolute atomic E-state index is 12.5. The average molecular weight is 458 g/mol. The van der Waals surface area contributed by atoms with E-state index in [0.29, 0.717) is 22.8 Å². The van der Waals surface area contributed by atoms with E-state index in [9.17, 15) is 9.59 Å². The first-order valence-corrected chi connectivity index (χ1v) is 11.0. The summed E-state index contributed by atoms with van der Waals surface area (Å²) in [5, 5.41) is 5.64. The lowest BCUT2D eigenvalue weighted by Crippen LogP contribution is -2.25. The van der Waals surface area contributed by atoms with Crippen LogP contribution in [0.25, 0.3) is 0 Å². The molecule has 7 heteroatoms. The van der Waals surface area contributed by atoms with Crippen molar-refractivity contribution in [2.24, 2.45) is 5.10 Å². The topological polar surface area (TPSA) is 81.1 Å². The molecule has 7 nitrogen and oxygen atoms in total. The number of hydrogen-bond donors (Lipinski definition) is 0. The molecule has 0 N–H and O–H groups in total. The highest BCUT2D eigenvalue weighted by atomic mass is 16.5. The quantitative estimate of drug-likeness (QED) is 0.400. The second-order valence-corrected chi connectivity index (χ2v) is 9.21. The van der Waals surface area contributed by atoms with Crippen LogP contribution in [0.4, 0.5) is 0 Å². The van der Waals surface area contributed by atoms with Crippen LogP contribution in [0.2, 0.25) is 0 Å². The van der Waals surface area contributed by atoms with Gasteiger partial charge >= 0.3 is 5.97 Å². The molecule has 4 rings (SSSR count). The first-order valence-electron chi connectivity index (χ1n) is 11.0. The zero-order chi connectivity index (χ0) is 24.5. The molecular formula is C27H27N3O4. The molecule has 0 spiro atoms. The number of pyridine rings is 1. The maximum atomic E-state index is 12.5. The molecule has 1 aromatic heterocycles. The van der Waals surface area contributed by atoms with Crippen molar-refractivity contribution in [2.75, 3.05) is 0 Å². The van der Waals surface area contributed by atoms with Crippen molar-refractivity contribution in [3.8, 4) is 5.75 Å². The van der Waals surface area contributed by atoms with Crippen molar-refractivity contribution in [3.05, 3.63) is 94.8 Å². The van der Waals surface area contributed by atoms with Crippen LogP contribution in [-0.2, 0) is 14.9 Å². The van der Waals surface area contributed by atoms with Gasteiger partial charge in [0, 0.05) is 29.9 Å². The number of nitrogens with zero attached hydrogens (tertiary/aromatic N) is 3. The maximum Gasteiger partial charge on any atom is 0.343 e. The fraction of sp³-hybridized carbons (Fsp3) is 0.259. The van der Waals surface area contributed by atoms with Gasteiger partial charge in [-0.15, -0.1) is 5.10 Å². The molecule has 0 saturated heterocycles. The Bertz CT molecular complexity index is 1220. The fourth-order valence-corrected chi connectivity index (χ4v) is 3.46. The summed E-state index contributed by atoms with van der Waals surface area (Å²) in [7, 11) is 0. The van der Waals surface area contributed by atoms with Gasteiger partial charge in [0.2, 0.25) is 18.0 Å². The van der Waals surface area contributed by atoms with Gasteiger partial charge in [0.15, 0.2) is 0 Å². The Labute approximate surface area is 199 Å². The molecule has 0 fully saturated rings. The molecule has 0 radical (unpaired) electrons. The van der Waals surface area contributed by atoms with Crippen LogP contribution in [0.15, 0.2) is 72.0 Å². The lowest BCUT2D eigenvalue weighted by atomic mass is 9.87. The van der Waals surface area contributed by atoms with E-state index in [0.717, 1.165) is 16.8 Å². The lowest BCUT2D eigenvalue weighted by molar-refractivity contribution is -0.135. The lowest BCUT2D eigenvalue weighted by Gasteiger charge is -2.19. The van der Waals surface area contributed by atoms with Crippen molar-refractivity contribution in [2.45, 2.75) is 46.3 Å². The highest BCUT2D eigenvalue weighted by molar-refractivity contribution is 5.96. The van der Waals surface area contributed by atoms with Crippen LogP contribution in [0.3, 0.4) is 0 Å². The Morgan fingerprint density at radius 2 is 1.65 bits per heavy atom. The summed E-state index contributed by atoms with van der Waals surface area (Å²) in [6, 6.07) is 17.9. The number of hydrazone groups is 1. The van der Waals surface area contributed by atoms with E-state index in [4.69, 9.17) is 9.47 Å². The first kappa shape index (κ1) is 23.2. The molecule has 0 unspecified atom stereocenters. The Hall–Kier alpha value is -4.00. The number of ether oxygens (including phenoxy) is 2. The summed E-state index contributed by atoms with van der Waals surface area (Å²) in [6.45, 7) is 9.68. The third-order valence-corrected chi connectivity index (χ3v) is 5.48. The van der Waals surface area contributed by atoms with E-state index in [1.165, 1.54) is 11.9 Å². The standard InChI is InChI=1S/C27H27N3O4/c1-17-6-7-21(16-28-17)25-30(18(2)31)29-24(34-25)19-10-14-23(15-11-19)33-26(32)20-8-12-22(13-9-20)27(3,4)5/h6-16,25H,1-5H3/t25-/m1/s1. The van der Waals surface area contributed by atoms with E-state index in [1.807, 2.05) is 31.2 Å². The summed E-state index contributed by atoms with van der Waals surface area (Å²) in [4.78, 5) is 28.9. The minimum Gasteiger partial charge on any atom is -0.446 e. The van der Waals surface area contributed by atoms with Crippen LogP contribution in [0.1, 0.15) is 66.7 Å². The molecule has 1 amide bonds. The minimum atomic E-state index is -0.686. The Kier molecular flexibility index (Phi) is 6.20. The van der Waals surface area contributed by atoms with Crippen molar-refractivity contribution in [1.29, 1.82) is 0 Å². The van der Waals surface area contributed by atoms with Gasteiger partial charge < -0.3 is 9.47 Å². The largest absolute Gasteiger partial charge is 0.446 e. The number of benzene rings is 2. The molecule has 0 aliphatic carbocycles. The second-order valence-electron chi connectivity index (χ2n) is 9.21. The molecule has 1 aliphatic rings. The van der Waals surface area contributed by atoms with Crippen molar-refractivity contribution < 1.29 is 19.1 Å². The molecule has 34 heavy (non-hydrogen) atoms. The SMILES string of the molecule is CC(=O)N1N=C(c2ccc(OC(=O)c3ccc(C(C)(C)C)cc3)cc2)O[C@@H]1c1ccc(C)nc1. The third-order valence-electron chi connectivity index (χ3n) is 5.48. The van der Waals surface area contributed by atoms with E-state index >= 15 is 0 Å². The van der Waals surface area contributed by atoms with Crippen molar-refractivity contribution in [1.82, 2.24) is 9.99 Å². The monoisotopic (exact) mass is 457 g/mol. The van der Waals surface area contributed by atoms with Crippen molar-refractivity contribution >= 4 is 17.8 Å². The van der Waals surface area contributed by atoms with Gasteiger partial charge in [-0.25, -0.2) is 4.79 Å². The number of esters is 1. The average Bonchev–Trinajstić information content (AvgIpc) is 3.25. The zero-order valence-electron chi connectivity index (χ0n) is 19.9. The van der Waals surface area contributed by atoms with Gasteiger partial charge in [0.05, 0.1) is 5.56 Å². The van der Waals surface area contributed by atoms with Crippen molar-refractivity contribution in [3.63, 3.8) is 0 Å². The van der Waals surface area contributed by atoms with Gasteiger partial charge in [-0.1, -0.05) is 32.9 Å². The number of rotatable bonds is 4. The van der Waals surface area contributed by atoms with Crippen LogP contribution in [0, 0.1) is 6.92 Å². The number of amides is 1. The summed E-state index contributed by atoms with van der Waals surface area (Å²) in [5.41, 5.74) is 3.88. The van der Waals surface area contributed by atoms with E-state index in [1.54, 1.807) is 42.6 Å². The van der Waals surface area contributed by atoms with Crippen LogP contribution >= 0.6 is 0 Å². The number of aryl methyl sites for hydroxylation is 1. The van der Waals surface area contributed by atoms with E-state index in [-0.39, 0.29) is 11.3 Å². The second kappa shape index (κ2) is 9.09. The molecule has 0 saturated carbocycles. The smallest absolute Gasteiger partial charge is 0.343 e. The van der Waals surface area contributed by atoms with Crippen LogP contribution < -0.4 is 4.74 Å². The normalized spacial score (nSPS) is 15.5. The molecule has 174 valence electrons. The van der Waals surface area contributed by atoms with E-state index in [2.05, 4.69) is 30.9 Å². The van der Waals surface area contributed by atoms with E-state index < -0.39 is 12.2 Å². The molecule has 2 aromatic carbocycles. The summed E-state index contributed by atoms with van der Waals surface area (Å²) >= 11 is 0. The molecular weight excluding hydrogens is 430 g/mol. The minimum absolute atomic E-state index is 0.0102.